The second-order valence-corrected chi connectivity index (χ2v) is 8.68. The highest BCUT2D eigenvalue weighted by Crippen LogP contribution is 2.64. The van der Waals surface area contributed by atoms with E-state index in [1.807, 2.05) is 6.08 Å². The highest BCUT2D eigenvalue weighted by atomic mass is 16.3. The molecule has 3 saturated carbocycles. The quantitative estimate of drug-likeness (QED) is 0.737. The summed E-state index contributed by atoms with van der Waals surface area (Å²) < 4.78 is 0. The van der Waals surface area contributed by atoms with Crippen LogP contribution < -0.4 is 0 Å². The van der Waals surface area contributed by atoms with Crippen LogP contribution in [0, 0.1) is 34.5 Å². The van der Waals surface area contributed by atoms with Gasteiger partial charge in [-0.3, -0.25) is 4.79 Å². The zero-order valence-electron chi connectivity index (χ0n) is 13.3. The van der Waals surface area contributed by atoms with Crippen molar-refractivity contribution >= 4 is 5.78 Å². The molecule has 21 heavy (non-hydrogen) atoms. The van der Waals surface area contributed by atoms with E-state index in [1.165, 1.54) is 25.7 Å². The van der Waals surface area contributed by atoms with Gasteiger partial charge in [-0.05, 0) is 80.1 Å². The fourth-order valence-electron chi connectivity index (χ4n) is 6.51. The molecule has 7 atom stereocenters. The molecule has 4 aliphatic rings. The normalized spacial score (nSPS) is 55.8. The van der Waals surface area contributed by atoms with Crippen molar-refractivity contribution < 1.29 is 9.90 Å². The zero-order valence-corrected chi connectivity index (χ0v) is 13.3. The van der Waals surface area contributed by atoms with Crippen molar-refractivity contribution in [3.05, 3.63) is 12.2 Å². The van der Waals surface area contributed by atoms with Gasteiger partial charge in [-0.25, -0.2) is 0 Å². The Kier molecular flexibility index (Phi) is 2.96. The van der Waals surface area contributed by atoms with Gasteiger partial charge in [0.2, 0.25) is 0 Å². The van der Waals surface area contributed by atoms with Gasteiger partial charge in [-0.15, -0.1) is 0 Å². The third-order valence-electron chi connectivity index (χ3n) is 7.91. The Hall–Kier alpha value is -0.630. The summed E-state index contributed by atoms with van der Waals surface area (Å²) in [4.78, 5) is 12.3. The van der Waals surface area contributed by atoms with Crippen LogP contribution in [0.25, 0.3) is 0 Å². The number of aliphatic hydroxyl groups excluding tert-OH is 1. The molecule has 0 bridgehead atoms. The first-order valence-electron chi connectivity index (χ1n) is 8.86. The Morgan fingerprint density at radius 3 is 2.76 bits per heavy atom. The van der Waals surface area contributed by atoms with Crippen molar-refractivity contribution in [2.45, 2.75) is 64.9 Å². The molecule has 0 amide bonds. The monoisotopic (exact) mass is 288 g/mol. The molecule has 0 heterocycles. The summed E-state index contributed by atoms with van der Waals surface area (Å²) in [6.07, 6.45) is 12.0. The topological polar surface area (TPSA) is 37.3 Å². The molecule has 0 aromatic heterocycles. The molecule has 1 N–H and O–H groups in total. The summed E-state index contributed by atoms with van der Waals surface area (Å²) in [6, 6.07) is 0. The molecule has 2 heteroatoms. The Morgan fingerprint density at radius 2 is 1.95 bits per heavy atom. The van der Waals surface area contributed by atoms with Crippen molar-refractivity contribution in [3.8, 4) is 0 Å². The second kappa shape index (κ2) is 4.44. The number of hydrogen-bond donors (Lipinski definition) is 1. The van der Waals surface area contributed by atoms with Gasteiger partial charge in [0.15, 0.2) is 5.78 Å². The first kappa shape index (κ1) is 14.0. The van der Waals surface area contributed by atoms with Crippen LogP contribution in [0.4, 0.5) is 0 Å². The van der Waals surface area contributed by atoms with E-state index in [0.29, 0.717) is 29.0 Å². The van der Waals surface area contributed by atoms with Gasteiger partial charge in [0.05, 0.1) is 6.10 Å². The van der Waals surface area contributed by atoms with Gasteiger partial charge in [0, 0.05) is 5.41 Å². The van der Waals surface area contributed by atoms with Crippen LogP contribution in [0.1, 0.15) is 58.8 Å². The summed E-state index contributed by atoms with van der Waals surface area (Å²) >= 11 is 0. The minimum atomic E-state index is -0.0987. The lowest BCUT2D eigenvalue weighted by atomic mass is 9.45. The predicted molar refractivity (Wildman–Crippen MR) is 82.6 cm³/mol. The summed E-state index contributed by atoms with van der Waals surface area (Å²) in [5.41, 5.74) is 0.307. The molecule has 4 aliphatic carbocycles. The lowest BCUT2D eigenvalue weighted by Gasteiger charge is -2.59. The van der Waals surface area contributed by atoms with Crippen LogP contribution in [0.5, 0.6) is 0 Å². The van der Waals surface area contributed by atoms with E-state index in [0.717, 1.165) is 25.2 Å². The van der Waals surface area contributed by atoms with Gasteiger partial charge in [-0.2, -0.15) is 0 Å². The van der Waals surface area contributed by atoms with E-state index in [4.69, 9.17) is 0 Å². The fraction of sp³-hybridized carbons (Fsp3) is 0.842. The first-order chi connectivity index (χ1) is 9.95. The van der Waals surface area contributed by atoms with Crippen LogP contribution in [0.15, 0.2) is 12.2 Å². The maximum Gasteiger partial charge on any atom is 0.161 e. The van der Waals surface area contributed by atoms with Gasteiger partial charge in [0.25, 0.3) is 0 Å². The van der Waals surface area contributed by atoms with Crippen LogP contribution in [-0.2, 0) is 4.79 Å². The SMILES string of the molecule is C[C@]12CC[C@H](O)CC1CC[C@@H]1C2CC[C@]2(C)C(=O)C=CC12. The predicted octanol–water partition coefficient (Wildman–Crippen LogP) is 3.74. The Labute approximate surface area is 128 Å². The van der Waals surface area contributed by atoms with Crippen molar-refractivity contribution in [3.63, 3.8) is 0 Å². The fourth-order valence-corrected chi connectivity index (χ4v) is 6.51. The summed E-state index contributed by atoms with van der Waals surface area (Å²) in [5, 5.41) is 10.0. The summed E-state index contributed by atoms with van der Waals surface area (Å²) in [7, 11) is 0. The number of ketones is 1. The lowest BCUT2D eigenvalue weighted by molar-refractivity contribution is -0.139. The number of carbonyl (C=O) groups excluding carboxylic acids is 1. The molecule has 0 spiro atoms. The zero-order chi connectivity index (χ0) is 14.8. The Balaban J connectivity index is 1.65. The van der Waals surface area contributed by atoms with Crippen LogP contribution in [0.3, 0.4) is 0 Å². The number of allylic oxidation sites excluding steroid dienone is 2. The number of rotatable bonds is 0. The smallest absolute Gasteiger partial charge is 0.161 e. The highest BCUT2D eigenvalue weighted by molar-refractivity contribution is 5.97. The maximum absolute atomic E-state index is 12.3. The molecule has 0 aromatic carbocycles. The van der Waals surface area contributed by atoms with E-state index in [2.05, 4.69) is 19.9 Å². The van der Waals surface area contributed by atoms with Crippen LogP contribution >= 0.6 is 0 Å². The molecule has 0 saturated heterocycles. The van der Waals surface area contributed by atoms with Crippen LogP contribution in [-0.4, -0.2) is 17.0 Å². The summed E-state index contributed by atoms with van der Waals surface area (Å²) in [6.45, 7) is 4.69. The third-order valence-corrected chi connectivity index (χ3v) is 7.91. The van der Waals surface area contributed by atoms with Crippen molar-refractivity contribution in [2.24, 2.45) is 34.5 Å². The highest BCUT2D eigenvalue weighted by Gasteiger charge is 2.58. The van der Waals surface area contributed by atoms with E-state index in [1.54, 1.807) is 0 Å². The third kappa shape index (κ3) is 1.78. The molecule has 0 aromatic rings. The van der Waals surface area contributed by atoms with Crippen molar-refractivity contribution in [2.75, 3.05) is 0 Å². The van der Waals surface area contributed by atoms with Gasteiger partial charge in [0.1, 0.15) is 0 Å². The van der Waals surface area contributed by atoms with E-state index < -0.39 is 0 Å². The van der Waals surface area contributed by atoms with E-state index in [9.17, 15) is 9.90 Å². The molecular weight excluding hydrogens is 260 g/mol. The van der Waals surface area contributed by atoms with E-state index in [-0.39, 0.29) is 11.5 Å². The molecular formula is C19H28O2. The summed E-state index contributed by atoms with van der Waals surface area (Å²) in [5.74, 6) is 3.01. The number of aliphatic hydroxyl groups is 1. The average Bonchev–Trinajstić information content (AvgIpc) is 2.76. The Bertz CT molecular complexity index is 496. The molecule has 3 unspecified atom stereocenters. The number of carbonyl (C=O) groups is 1. The number of hydrogen-bond acceptors (Lipinski definition) is 2. The molecule has 0 aliphatic heterocycles. The molecule has 116 valence electrons. The van der Waals surface area contributed by atoms with Crippen molar-refractivity contribution in [1.29, 1.82) is 0 Å². The van der Waals surface area contributed by atoms with Crippen molar-refractivity contribution in [1.82, 2.24) is 0 Å². The molecule has 4 rings (SSSR count). The minimum absolute atomic E-state index is 0.0681. The Morgan fingerprint density at radius 1 is 1.14 bits per heavy atom. The van der Waals surface area contributed by atoms with Gasteiger partial charge in [-0.1, -0.05) is 19.9 Å². The lowest BCUT2D eigenvalue weighted by Crippen LogP contribution is -2.54. The number of fused-ring (bicyclic) bond motifs is 5. The molecule has 3 fully saturated rings. The van der Waals surface area contributed by atoms with Gasteiger partial charge >= 0.3 is 0 Å². The van der Waals surface area contributed by atoms with Gasteiger partial charge < -0.3 is 5.11 Å². The maximum atomic E-state index is 12.3. The largest absolute Gasteiger partial charge is 0.393 e. The van der Waals surface area contributed by atoms with Crippen LogP contribution in [0.2, 0.25) is 0 Å². The minimum Gasteiger partial charge on any atom is -0.393 e. The van der Waals surface area contributed by atoms with E-state index >= 15 is 0 Å². The molecule has 2 nitrogen and oxygen atoms in total. The standard InChI is InChI=1S/C19H28O2/c1-18-9-7-13(20)11-12(18)3-4-14-15-5-6-17(21)19(15,2)10-8-16(14)18/h5-6,12-16,20H,3-4,7-11H2,1-2H3/t12?,13-,14-,15?,16?,18-,19-/m0/s1. The second-order valence-electron chi connectivity index (χ2n) is 8.68. The molecule has 0 radical (unpaired) electrons. The average molecular weight is 288 g/mol. The first-order valence-corrected chi connectivity index (χ1v) is 8.86.